The molecule has 1 aromatic rings. The Balaban J connectivity index is 2.72. The number of aliphatic carboxylic acids is 1. The van der Waals surface area contributed by atoms with Crippen molar-refractivity contribution in [1.29, 1.82) is 0 Å². The lowest BCUT2D eigenvalue weighted by Gasteiger charge is -2.20. The SMILES string of the molecule is O=C(O)CCC(=O)NNc1cc(N(O)O)cc(Cl)c1[O-]. The van der Waals surface area contributed by atoms with Crippen LogP contribution in [0.4, 0.5) is 11.4 Å². The number of carboxylic acids is 1. The van der Waals surface area contributed by atoms with Crippen molar-refractivity contribution < 1.29 is 30.2 Å². The summed E-state index contributed by atoms with van der Waals surface area (Å²) in [6.07, 6.45) is -0.643. The highest BCUT2D eigenvalue weighted by atomic mass is 35.5. The Morgan fingerprint density at radius 2 is 1.95 bits per heavy atom. The molecule has 0 unspecified atom stereocenters. The molecule has 1 amide bonds. The van der Waals surface area contributed by atoms with Gasteiger partial charge in [0.15, 0.2) is 0 Å². The first-order chi connectivity index (χ1) is 9.31. The van der Waals surface area contributed by atoms with Crippen LogP contribution in [0.25, 0.3) is 0 Å². The number of carbonyl (C=O) groups is 2. The summed E-state index contributed by atoms with van der Waals surface area (Å²) < 4.78 is 0. The third-order valence-corrected chi connectivity index (χ3v) is 2.44. The minimum absolute atomic E-state index is 0.197. The van der Waals surface area contributed by atoms with Crippen molar-refractivity contribution in [2.45, 2.75) is 12.8 Å². The molecule has 0 fully saturated rings. The van der Waals surface area contributed by atoms with Crippen LogP contribution >= 0.6 is 11.6 Å². The maximum atomic E-state index is 11.6. The molecule has 9 nitrogen and oxygen atoms in total. The predicted molar refractivity (Wildman–Crippen MR) is 65.6 cm³/mol. The molecule has 5 N–H and O–H groups in total. The number of hydrazine groups is 1. The molecule has 0 aromatic heterocycles. The molecule has 0 atom stereocenters. The molecule has 0 bridgehead atoms. The smallest absolute Gasteiger partial charge is 0.303 e. The summed E-state index contributed by atoms with van der Waals surface area (Å²) in [4.78, 5) is 21.5. The number of nitrogens with zero attached hydrogens (tertiary/aromatic N) is 1. The number of benzene rings is 1. The van der Waals surface area contributed by atoms with Crippen molar-refractivity contribution in [2.75, 3.05) is 10.7 Å². The van der Waals surface area contributed by atoms with Gasteiger partial charge in [-0.25, -0.2) is 0 Å². The van der Waals surface area contributed by atoms with Crippen LogP contribution in [0, 0.1) is 0 Å². The number of carbonyl (C=O) groups excluding carboxylic acids is 1. The summed E-state index contributed by atoms with van der Waals surface area (Å²) in [5.41, 5.74) is 3.93. The van der Waals surface area contributed by atoms with Crippen LogP contribution in [-0.2, 0) is 9.59 Å². The molecule has 110 valence electrons. The third kappa shape index (κ3) is 4.46. The minimum Gasteiger partial charge on any atom is -0.870 e. The lowest BCUT2D eigenvalue weighted by atomic mass is 10.2. The van der Waals surface area contributed by atoms with Gasteiger partial charge in [-0.05, 0) is 12.1 Å². The predicted octanol–water partition coefficient (Wildman–Crippen LogP) is 0.306. The number of nitrogens with one attached hydrogen (secondary N) is 2. The Hall–Kier alpha value is -2.23. The molecular weight excluding hydrogens is 294 g/mol. The lowest BCUT2D eigenvalue weighted by Crippen LogP contribution is -2.30. The highest BCUT2D eigenvalue weighted by molar-refractivity contribution is 6.32. The van der Waals surface area contributed by atoms with Gasteiger partial charge in [0.25, 0.3) is 0 Å². The molecule has 0 aliphatic heterocycles. The molecule has 0 aliphatic rings. The van der Waals surface area contributed by atoms with Crippen LogP contribution in [0.15, 0.2) is 12.1 Å². The number of halogens is 1. The molecular formula is C10H11ClN3O6-. The minimum atomic E-state index is -1.13. The number of carboxylic acid groups (broad SMARTS) is 1. The molecule has 10 heteroatoms. The fourth-order valence-electron chi connectivity index (χ4n) is 1.21. The van der Waals surface area contributed by atoms with Crippen LogP contribution in [-0.4, -0.2) is 27.4 Å². The van der Waals surface area contributed by atoms with Gasteiger partial charge in [0, 0.05) is 17.1 Å². The van der Waals surface area contributed by atoms with Crippen molar-refractivity contribution in [3.8, 4) is 5.75 Å². The van der Waals surface area contributed by atoms with Gasteiger partial charge in [-0.1, -0.05) is 17.4 Å². The first-order valence-electron chi connectivity index (χ1n) is 5.26. The molecule has 0 saturated carbocycles. The van der Waals surface area contributed by atoms with Crippen LogP contribution < -0.4 is 21.2 Å². The van der Waals surface area contributed by atoms with Gasteiger partial charge in [-0.15, -0.1) is 5.23 Å². The first kappa shape index (κ1) is 15.8. The molecule has 0 heterocycles. The van der Waals surface area contributed by atoms with Crippen molar-refractivity contribution in [2.24, 2.45) is 0 Å². The molecule has 0 radical (unpaired) electrons. The van der Waals surface area contributed by atoms with E-state index in [0.29, 0.717) is 0 Å². The monoisotopic (exact) mass is 304 g/mol. The van der Waals surface area contributed by atoms with Crippen LogP contribution in [0.2, 0.25) is 5.02 Å². The highest BCUT2D eigenvalue weighted by Gasteiger charge is 2.08. The van der Waals surface area contributed by atoms with Crippen LogP contribution in [0.3, 0.4) is 0 Å². The second-order valence-electron chi connectivity index (χ2n) is 3.66. The molecule has 0 aliphatic carbocycles. The van der Waals surface area contributed by atoms with Crippen molar-refractivity contribution >= 4 is 34.9 Å². The Labute approximate surface area is 117 Å². The normalized spacial score (nSPS) is 9.95. The number of hydrogen-bond donors (Lipinski definition) is 5. The van der Waals surface area contributed by atoms with E-state index in [9.17, 15) is 14.7 Å². The van der Waals surface area contributed by atoms with E-state index in [4.69, 9.17) is 27.1 Å². The standard InChI is InChI=1S/C10H12ClN3O6/c11-6-3-5(14(19)20)4-7(10(6)18)12-13-8(15)1-2-9(16)17/h3-4,12,18-20H,1-2H2,(H,13,15)(H,16,17)/p-1. The zero-order valence-electron chi connectivity index (χ0n) is 9.96. The van der Waals surface area contributed by atoms with Crippen molar-refractivity contribution in [3.05, 3.63) is 17.2 Å². The Morgan fingerprint density at radius 1 is 1.30 bits per heavy atom. The van der Waals surface area contributed by atoms with E-state index in [2.05, 4.69) is 10.9 Å². The Bertz CT molecular complexity index is 522. The van der Waals surface area contributed by atoms with Gasteiger partial charge in [0.05, 0.1) is 12.1 Å². The summed E-state index contributed by atoms with van der Waals surface area (Å²) >= 11 is 5.59. The summed E-state index contributed by atoms with van der Waals surface area (Å²) in [7, 11) is 0. The number of anilines is 2. The molecule has 0 spiro atoms. The highest BCUT2D eigenvalue weighted by Crippen LogP contribution is 2.33. The average Bonchev–Trinajstić information content (AvgIpc) is 2.37. The van der Waals surface area contributed by atoms with E-state index >= 15 is 0 Å². The molecule has 1 rings (SSSR count). The number of hydrogen-bond acceptors (Lipinski definition) is 7. The molecule has 20 heavy (non-hydrogen) atoms. The van der Waals surface area contributed by atoms with Gasteiger partial charge in [0.2, 0.25) is 5.91 Å². The van der Waals surface area contributed by atoms with E-state index < -0.39 is 17.6 Å². The summed E-state index contributed by atoms with van der Waals surface area (Å²) in [5.74, 6) is -2.46. The van der Waals surface area contributed by atoms with Crippen molar-refractivity contribution in [1.82, 2.24) is 5.43 Å². The average molecular weight is 305 g/mol. The largest absolute Gasteiger partial charge is 0.870 e. The fourth-order valence-corrected chi connectivity index (χ4v) is 1.42. The second kappa shape index (κ2) is 6.80. The second-order valence-corrected chi connectivity index (χ2v) is 4.07. The van der Waals surface area contributed by atoms with Crippen LogP contribution in [0.1, 0.15) is 12.8 Å². The Morgan fingerprint density at radius 3 is 2.50 bits per heavy atom. The van der Waals surface area contributed by atoms with E-state index in [1.807, 2.05) is 0 Å². The maximum absolute atomic E-state index is 11.6. The first-order valence-corrected chi connectivity index (χ1v) is 5.64. The summed E-state index contributed by atoms with van der Waals surface area (Å²) in [5, 5.41) is 37.1. The van der Waals surface area contributed by atoms with Gasteiger partial charge in [-0.3, -0.25) is 30.9 Å². The lowest BCUT2D eigenvalue weighted by molar-refractivity contribution is -0.266. The van der Waals surface area contributed by atoms with Gasteiger partial charge < -0.3 is 10.2 Å². The summed E-state index contributed by atoms with van der Waals surface area (Å²) in [6, 6.07) is 2.05. The quantitative estimate of drug-likeness (QED) is 0.472. The maximum Gasteiger partial charge on any atom is 0.303 e. The van der Waals surface area contributed by atoms with Gasteiger partial charge >= 0.3 is 5.97 Å². The zero-order valence-corrected chi connectivity index (χ0v) is 10.7. The Kier molecular flexibility index (Phi) is 5.38. The van der Waals surface area contributed by atoms with E-state index in [0.717, 1.165) is 12.1 Å². The molecule has 1 aromatic carbocycles. The van der Waals surface area contributed by atoms with E-state index in [1.54, 1.807) is 0 Å². The topological polar surface area (TPSA) is 145 Å². The van der Waals surface area contributed by atoms with Gasteiger partial charge in [-0.2, -0.15) is 0 Å². The van der Waals surface area contributed by atoms with Crippen molar-refractivity contribution in [3.63, 3.8) is 0 Å². The number of rotatable bonds is 6. The molecule has 0 saturated heterocycles. The number of amides is 1. The zero-order chi connectivity index (χ0) is 15.3. The summed E-state index contributed by atoms with van der Waals surface area (Å²) in [6.45, 7) is 0. The van der Waals surface area contributed by atoms with E-state index in [1.165, 1.54) is 0 Å². The third-order valence-electron chi connectivity index (χ3n) is 2.16. The van der Waals surface area contributed by atoms with Crippen LogP contribution in [0.5, 0.6) is 5.75 Å². The fraction of sp³-hybridized carbons (Fsp3) is 0.200. The van der Waals surface area contributed by atoms with Gasteiger partial charge in [0.1, 0.15) is 0 Å². The van der Waals surface area contributed by atoms with E-state index in [-0.39, 0.29) is 34.5 Å².